The van der Waals surface area contributed by atoms with Gasteiger partial charge in [-0.15, -0.1) is 0 Å². The van der Waals surface area contributed by atoms with Crippen molar-refractivity contribution in [3.63, 3.8) is 0 Å². The number of hydrogen-bond donors (Lipinski definition) is 1. The van der Waals surface area contributed by atoms with Crippen LogP contribution in [0.3, 0.4) is 0 Å². The first kappa shape index (κ1) is 15.4. The van der Waals surface area contributed by atoms with Crippen molar-refractivity contribution in [2.75, 3.05) is 26.2 Å². The fourth-order valence-electron chi connectivity index (χ4n) is 3.06. The van der Waals surface area contributed by atoms with Gasteiger partial charge in [-0.3, -0.25) is 4.79 Å². The highest BCUT2D eigenvalue weighted by molar-refractivity contribution is 5.77. The van der Waals surface area contributed by atoms with E-state index in [1.165, 1.54) is 6.07 Å². The number of ether oxygens (including phenoxy) is 1. The summed E-state index contributed by atoms with van der Waals surface area (Å²) in [5, 5.41) is 3.31. The molecular weight excluding hydrogens is 290 g/mol. The van der Waals surface area contributed by atoms with E-state index >= 15 is 0 Å². The minimum atomic E-state index is -0.889. The van der Waals surface area contributed by atoms with Crippen LogP contribution in [0.5, 0.6) is 0 Å². The Morgan fingerprint density at radius 1 is 1.36 bits per heavy atom. The second kappa shape index (κ2) is 6.71. The molecule has 2 atom stereocenters. The van der Waals surface area contributed by atoms with E-state index in [0.29, 0.717) is 31.7 Å². The van der Waals surface area contributed by atoms with Gasteiger partial charge in [0.05, 0.1) is 13.2 Å². The SMILES string of the molecule is O=C(CC1CCCN1)N1CCOC(c2ccc(F)c(F)c2)C1. The second-order valence-corrected chi connectivity index (χ2v) is 5.87. The lowest BCUT2D eigenvalue weighted by molar-refractivity contribution is -0.139. The molecule has 2 heterocycles. The number of halogens is 2. The van der Waals surface area contributed by atoms with E-state index in [1.807, 2.05) is 0 Å². The van der Waals surface area contributed by atoms with Gasteiger partial charge in [-0.05, 0) is 37.1 Å². The van der Waals surface area contributed by atoms with Crippen molar-refractivity contribution in [1.82, 2.24) is 10.2 Å². The molecule has 0 bridgehead atoms. The lowest BCUT2D eigenvalue weighted by Gasteiger charge is -2.33. The number of rotatable bonds is 3. The maximum atomic E-state index is 13.3. The summed E-state index contributed by atoms with van der Waals surface area (Å²) in [4.78, 5) is 14.1. The molecule has 0 radical (unpaired) electrons. The van der Waals surface area contributed by atoms with Gasteiger partial charge in [0.15, 0.2) is 11.6 Å². The molecule has 1 N–H and O–H groups in total. The summed E-state index contributed by atoms with van der Waals surface area (Å²) in [5.74, 6) is -1.67. The Bertz CT molecular complexity index is 547. The first-order valence-corrected chi connectivity index (χ1v) is 7.71. The number of benzene rings is 1. The molecular formula is C16H20F2N2O2. The van der Waals surface area contributed by atoms with Gasteiger partial charge in [0.1, 0.15) is 6.10 Å². The van der Waals surface area contributed by atoms with Crippen LogP contribution in [0.15, 0.2) is 18.2 Å². The highest BCUT2D eigenvalue weighted by Gasteiger charge is 2.28. The molecule has 0 aliphatic carbocycles. The topological polar surface area (TPSA) is 41.6 Å². The number of nitrogens with one attached hydrogen (secondary N) is 1. The predicted octanol–water partition coefficient (Wildman–Crippen LogP) is 2.01. The molecule has 4 nitrogen and oxygen atoms in total. The van der Waals surface area contributed by atoms with Crippen molar-refractivity contribution in [2.45, 2.75) is 31.4 Å². The van der Waals surface area contributed by atoms with E-state index in [1.54, 1.807) is 4.90 Å². The number of amides is 1. The van der Waals surface area contributed by atoms with Gasteiger partial charge in [0.25, 0.3) is 0 Å². The van der Waals surface area contributed by atoms with Gasteiger partial charge in [0.2, 0.25) is 5.91 Å². The van der Waals surface area contributed by atoms with Gasteiger partial charge in [-0.2, -0.15) is 0 Å². The largest absolute Gasteiger partial charge is 0.370 e. The Labute approximate surface area is 128 Å². The smallest absolute Gasteiger partial charge is 0.224 e. The molecule has 0 aromatic heterocycles. The maximum absolute atomic E-state index is 13.3. The second-order valence-electron chi connectivity index (χ2n) is 5.87. The summed E-state index contributed by atoms with van der Waals surface area (Å²) in [6.07, 6.45) is 2.23. The van der Waals surface area contributed by atoms with Gasteiger partial charge in [0, 0.05) is 19.0 Å². The lowest BCUT2D eigenvalue weighted by atomic mass is 10.1. The van der Waals surface area contributed by atoms with Crippen LogP contribution in [0, 0.1) is 11.6 Å². The average Bonchev–Trinajstić information content (AvgIpc) is 3.03. The molecule has 2 saturated heterocycles. The summed E-state index contributed by atoms with van der Waals surface area (Å²) in [5.41, 5.74) is 0.565. The van der Waals surface area contributed by atoms with Gasteiger partial charge >= 0.3 is 0 Å². The highest BCUT2D eigenvalue weighted by Crippen LogP contribution is 2.24. The first-order chi connectivity index (χ1) is 10.6. The van der Waals surface area contributed by atoms with E-state index < -0.39 is 17.7 Å². The van der Waals surface area contributed by atoms with Gasteiger partial charge in [-0.1, -0.05) is 6.07 Å². The maximum Gasteiger partial charge on any atom is 0.224 e. The van der Waals surface area contributed by atoms with E-state index in [9.17, 15) is 13.6 Å². The summed E-state index contributed by atoms with van der Waals surface area (Å²) in [6, 6.07) is 4.01. The summed E-state index contributed by atoms with van der Waals surface area (Å²) < 4.78 is 32.0. The Morgan fingerprint density at radius 3 is 2.95 bits per heavy atom. The van der Waals surface area contributed by atoms with E-state index in [0.717, 1.165) is 31.5 Å². The quantitative estimate of drug-likeness (QED) is 0.928. The predicted molar refractivity (Wildman–Crippen MR) is 77.3 cm³/mol. The molecule has 1 amide bonds. The van der Waals surface area contributed by atoms with E-state index in [2.05, 4.69) is 5.32 Å². The number of morpholine rings is 1. The standard InChI is InChI=1S/C16H20F2N2O2/c17-13-4-3-11(8-14(13)18)15-10-20(6-7-22-15)16(21)9-12-2-1-5-19-12/h3-4,8,12,15,19H,1-2,5-7,9-10H2. The third kappa shape index (κ3) is 3.44. The van der Waals surface area contributed by atoms with Gasteiger partial charge < -0.3 is 15.0 Å². The van der Waals surface area contributed by atoms with E-state index in [-0.39, 0.29) is 11.9 Å². The van der Waals surface area contributed by atoms with Crippen LogP contribution in [0.4, 0.5) is 8.78 Å². The van der Waals surface area contributed by atoms with Crippen LogP contribution in [-0.2, 0) is 9.53 Å². The number of nitrogens with zero attached hydrogens (tertiary/aromatic N) is 1. The molecule has 0 saturated carbocycles. The summed E-state index contributed by atoms with van der Waals surface area (Å²) >= 11 is 0. The molecule has 0 spiro atoms. The Morgan fingerprint density at radius 2 is 2.23 bits per heavy atom. The minimum Gasteiger partial charge on any atom is -0.370 e. The van der Waals surface area contributed by atoms with Crippen molar-refractivity contribution in [3.05, 3.63) is 35.4 Å². The van der Waals surface area contributed by atoms with Crippen LogP contribution in [0.2, 0.25) is 0 Å². The third-order valence-corrected chi connectivity index (χ3v) is 4.32. The molecule has 2 aliphatic heterocycles. The zero-order valence-corrected chi connectivity index (χ0v) is 12.4. The molecule has 3 rings (SSSR count). The molecule has 2 aliphatic rings. The van der Waals surface area contributed by atoms with Crippen molar-refractivity contribution in [3.8, 4) is 0 Å². The molecule has 6 heteroatoms. The summed E-state index contributed by atoms with van der Waals surface area (Å²) in [7, 11) is 0. The van der Waals surface area contributed by atoms with Crippen LogP contribution in [0.25, 0.3) is 0 Å². The molecule has 2 fully saturated rings. The summed E-state index contributed by atoms with van der Waals surface area (Å²) in [6.45, 7) is 2.31. The minimum absolute atomic E-state index is 0.0929. The normalized spacial score (nSPS) is 25.5. The number of carbonyl (C=O) groups is 1. The number of carbonyl (C=O) groups excluding carboxylic acids is 1. The zero-order chi connectivity index (χ0) is 15.5. The Hall–Kier alpha value is -1.53. The lowest BCUT2D eigenvalue weighted by Crippen LogP contribution is -2.44. The van der Waals surface area contributed by atoms with Crippen LogP contribution >= 0.6 is 0 Å². The average molecular weight is 310 g/mol. The fourth-order valence-corrected chi connectivity index (χ4v) is 3.06. The third-order valence-electron chi connectivity index (χ3n) is 4.32. The van der Waals surface area contributed by atoms with Gasteiger partial charge in [-0.25, -0.2) is 8.78 Å². The monoisotopic (exact) mass is 310 g/mol. The fraction of sp³-hybridized carbons (Fsp3) is 0.562. The van der Waals surface area contributed by atoms with Crippen LogP contribution < -0.4 is 5.32 Å². The zero-order valence-electron chi connectivity index (χ0n) is 12.4. The highest BCUT2D eigenvalue weighted by atomic mass is 19.2. The Kier molecular flexibility index (Phi) is 4.69. The van der Waals surface area contributed by atoms with Crippen molar-refractivity contribution in [2.24, 2.45) is 0 Å². The van der Waals surface area contributed by atoms with Crippen LogP contribution in [-0.4, -0.2) is 43.1 Å². The van der Waals surface area contributed by atoms with Crippen molar-refractivity contribution in [1.29, 1.82) is 0 Å². The molecule has 1 aromatic carbocycles. The number of hydrogen-bond acceptors (Lipinski definition) is 3. The van der Waals surface area contributed by atoms with Crippen LogP contribution in [0.1, 0.15) is 30.9 Å². The van der Waals surface area contributed by atoms with Crippen molar-refractivity contribution < 1.29 is 18.3 Å². The van der Waals surface area contributed by atoms with E-state index in [4.69, 9.17) is 4.74 Å². The first-order valence-electron chi connectivity index (χ1n) is 7.71. The molecule has 2 unspecified atom stereocenters. The van der Waals surface area contributed by atoms with Crippen molar-refractivity contribution >= 4 is 5.91 Å². The molecule has 22 heavy (non-hydrogen) atoms. The Balaban J connectivity index is 1.63. The molecule has 120 valence electrons. The molecule has 1 aromatic rings.